The summed E-state index contributed by atoms with van der Waals surface area (Å²) >= 11 is 0. The normalized spacial score (nSPS) is 10.8. The molecule has 0 aliphatic rings. The number of nitrogens with one attached hydrogen (secondary N) is 1. The van der Waals surface area contributed by atoms with E-state index in [9.17, 15) is 0 Å². The van der Waals surface area contributed by atoms with Gasteiger partial charge in [-0.2, -0.15) is 15.1 Å². The van der Waals surface area contributed by atoms with Crippen molar-refractivity contribution >= 4 is 22.8 Å². The maximum atomic E-state index is 8.85. The summed E-state index contributed by atoms with van der Waals surface area (Å²) in [6.07, 6.45) is 1.64. The second-order valence-electron chi connectivity index (χ2n) is 3.18. The number of nitrogens with two attached hydrogens (primary N) is 1. The Morgan fingerprint density at radius 1 is 1.53 bits per heavy atom. The Labute approximate surface area is 85.9 Å². The van der Waals surface area contributed by atoms with E-state index in [0.717, 1.165) is 5.39 Å². The second-order valence-corrected chi connectivity index (χ2v) is 3.18. The quantitative estimate of drug-likeness (QED) is 0.620. The van der Waals surface area contributed by atoms with Gasteiger partial charge in [-0.25, -0.2) is 0 Å². The molecule has 0 saturated carbocycles. The Kier molecular flexibility index (Phi) is 2.38. The van der Waals surface area contributed by atoms with Crippen molar-refractivity contribution < 1.29 is 5.11 Å². The van der Waals surface area contributed by atoms with Gasteiger partial charge in [0.2, 0.25) is 5.95 Å². The van der Waals surface area contributed by atoms with Crippen molar-refractivity contribution in [1.82, 2.24) is 20.2 Å². The highest BCUT2D eigenvalue weighted by Gasteiger charge is 2.11. The van der Waals surface area contributed by atoms with Gasteiger partial charge in [0.15, 0.2) is 5.65 Å². The van der Waals surface area contributed by atoms with E-state index in [-0.39, 0.29) is 12.6 Å². The van der Waals surface area contributed by atoms with Gasteiger partial charge < -0.3 is 15.7 Å². The van der Waals surface area contributed by atoms with Gasteiger partial charge in [0, 0.05) is 13.6 Å². The van der Waals surface area contributed by atoms with Gasteiger partial charge in [-0.15, -0.1) is 0 Å². The van der Waals surface area contributed by atoms with Gasteiger partial charge in [-0.05, 0) is 0 Å². The fourth-order valence-corrected chi connectivity index (χ4v) is 1.38. The minimum absolute atomic E-state index is 0.0553. The van der Waals surface area contributed by atoms with Crippen LogP contribution in [-0.2, 0) is 0 Å². The van der Waals surface area contributed by atoms with E-state index >= 15 is 0 Å². The SMILES string of the molecule is CN(CCO)c1nc(N)nc2[nH]ncc12. The van der Waals surface area contributed by atoms with Crippen LogP contribution < -0.4 is 10.6 Å². The van der Waals surface area contributed by atoms with Gasteiger partial charge >= 0.3 is 0 Å². The van der Waals surface area contributed by atoms with Crippen molar-refractivity contribution in [3.63, 3.8) is 0 Å². The first-order valence-electron chi connectivity index (χ1n) is 4.51. The third-order valence-corrected chi connectivity index (χ3v) is 2.10. The molecule has 0 amide bonds. The van der Waals surface area contributed by atoms with Crippen LogP contribution in [0.1, 0.15) is 0 Å². The number of H-pyrrole nitrogens is 1. The van der Waals surface area contributed by atoms with Crippen molar-refractivity contribution in [3.05, 3.63) is 6.20 Å². The monoisotopic (exact) mass is 208 g/mol. The Hall–Kier alpha value is -1.89. The molecule has 0 aromatic carbocycles. The summed E-state index contributed by atoms with van der Waals surface area (Å²) < 4.78 is 0. The summed E-state index contributed by atoms with van der Waals surface area (Å²) in [6, 6.07) is 0. The highest BCUT2D eigenvalue weighted by molar-refractivity contribution is 5.87. The molecular formula is C8H12N6O. The van der Waals surface area contributed by atoms with Gasteiger partial charge in [-0.3, -0.25) is 5.10 Å². The van der Waals surface area contributed by atoms with Crippen molar-refractivity contribution in [2.75, 3.05) is 30.8 Å². The molecule has 2 aromatic rings. The molecule has 15 heavy (non-hydrogen) atoms. The van der Waals surface area contributed by atoms with Crippen LogP contribution in [0.3, 0.4) is 0 Å². The number of likely N-dealkylation sites (N-methyl/N-ethyl adjacent to an activating group) is 1. The van der Waals surface area contributed by atoms with E-state index in [1.165, 1.54) is 0 Å². The average Bonchev–Trinajstić information content (AvgIpc) is 2.64. The third kappa shape index (κ3) is 1.68. The van der Waals surface area contributed by atoms with Gasteiger partial charge in [0.05, 0.1) is 18.2 Å². The number of aliphatic hydroxyl groups is 1. The number of rotatable bonds is 3. The molecule has 0 fully saturated rings. The van der Waals surface area contributed by atoms with Gasteiger partial charge in [-0.1, -0.05) is 0 Å². The first-order valence-corrected chi connectivity index (χ1v) is 4.51. The summed E-state index contributed by atoms with van der Waals surface area (Å²) in [5, 5.41) is 16.2. The topological polar surface area (TPSA) is 104 Å². The van der Waals surface area contributed by atoms with E-state index in [2.05, 4.69) is 20.2 Å². The number of aromatic nitrogens is 4. The zero-order valence-corrected chi connectivity index (χ0v) is 8.30. The zero-order chi connectivity index (χ0) is 10.8. The number of fused-ring (bicyclic) bond motifs is 1. The van der Waals surface area contributed by atoms with Crippen LogP contribution in [0.2, 0.25) is 0 Å². The Balaban J connectivity index is 2.52. The van der Waals surface area contributed by atoms with Gasteiger partial charge in [0.25, 0.3) is 0 Å². The van der Waals surface area contributed by atoms with E-state index in [0.29, 0.717) is 18.0 Å². The van der Waals surface area contributed by atoms with Crippen LogP contribution in [0, 0.1) is 0 Å². The van der Waals surface area contributed by atoms with Crippen LogP contribution in [0.25, 0.3) is 11.0 Å². The van der Waals surface area contributed by atoms with Crippen LogP contribution in [0.4, 0.5) is 11.8 Å². The maximum Gasteiger partial charge on any atom is 0.224 e. The highest BCUT2D eigenvalue weighted by Crippen LogP contribution is 2.21. The molecule has 2 heterocycles. The maximum absolute atomic E-state index is 8.85. The number of nitrogen functional groups attached to an aromatic ring is 1. The van der Waals surface area contributed by atoms with Crippen LogP contribution in [0.5, 0.6) is 0 Å². The minimum atomic E-state index is 0.0553. The standard InChI is InChI=1S/C8H12N6O/c1-14(2-3-15)7-5-4-10-13-6(5)11-8(9)12-7/h4,15H,2-3H2,1H3,(H3,9,10,11,12,13). The summed E-state index contributed by atoms with van der Waals surface area (Å²) in [5.74, 6) is 0.854. The molecule has 0 bridgehead atoms. The van der Waals surface area contributed by atoms with E-state index < -0.39 is 0 Å². The zero-order valence-electron chi connectivity index (χ0n) is 8.30. The number of hydrogen-bond donors (Lipinski definition) is 3. The molecule has 0 aliphatic carbocycles. The van der Waals surface area contributed by atoms with Crippen LogP contribution in [-0.4, -0.2) is 45.5 Å². The molecule has 0 unspecified atom stereocenters. The molecule has 2 aromatic heterocycles. The predicted octanol–water partition coefficient (Wildman–Crippen LogP) is -0.636. The van der Waals surface area contributed by atoms with E-state index in [1.807, 2.05) is 7.05 Å². The smallest absolute Gasteiger partial charge is 0.224 e. The molecular weight excluding hydrogens is 196 g/mol. The molecule has 0 saturated heterocycles. The van der Waals surface area contributed by atoms with Gasteiger partial charge in [0.1, 0.15) is 5.82 Å². The Morgan fingerprint density at radius 2 is 2.33 bits per heavy atom. The molecule has 0 atom stereocenters. The second kappa shape index (κ2) is 3.70. The molecule has 7 heteroatoms. The fourth-order valence-electron chi connectivity index (χ4n) is 1.38. The summed E-state index contributed by atoms with van der Waals surface area (Å²) in [6.45, 7) is 0.538. The lowest BCUT2D eigenvalue weighted by atomic mass is 10.3. The lowest BCUT2D eigenvalue weighted by Crippen LogP contribution is -2.23. The Bertz CT molecular complexity index is 467. The molecule has 4 N–H and O–H groups in total. The number of hydrogen-bond acceptors (Lipinski definition) is 6. The summed E-state index contributed by atoms with van der Waals surface area (Å²) in [7, 11) is 1.82. The fraction of sp³-hybridized carbons (Fsp3) is 0.375. The molecule has 7 nitrogen and oxygen atoms in total. The number of anilines is 2. The third-order valence-electron chi connectivity index (χ3n) is 2.10. The van der Waals surface area contributed by atoms with Crippen LogP contribution >= 0.6 is 0 Å². The first kappa shape index (κ1) is 9.66. The molecule has 0 radical (unpaired) electrons. The number of aliphatic hydroxyl groups excluding tert-OH is 1. The van der Waals surface area contributed by atoms with Crippen molar-refractivity contribution in [2.45, 2.75) is 0 Å². The van der Waals surface area contributed by atoms with E-state index in [1.54, 1.807) is 11.1 Å². The predicted molar refractivity (Wildman–Crippen MR) is 56.5 cm³/mol. The largest absolute Gasteiger partial charge is 0.395 e. The van der Waals surface area contributed by atoms with Crippen molar-refractivity contribution in [3.8, 4) is 0 Å². The average molecular weight is 208 g/mol. The molecule has 2 rings (SSSR count). The van der Waals surface area contributed by atoms with Crippen LogP contribution in [0.15, 0.2) is 6.20 Å². The first-order chi connectivity index (χ1) is 7.22. The Morgan fingerprint density at radius 3 is 3.07 bits per heavy atom. The minimum Gasteiger partial charge on any atom is -0.395 e. The number of nitrogens with zero attached hydrogens (tertiary/aromatic N) is 4. The van der Waals surface area contributed by atoms with Crippen molar-refractivity contribution in [2.24, 2.45) is 0 Å². The summed E-state index contributed by atoms with van der Waals surface area (Å²) in [4.78, 5) is 9.91. The molecule has 0 spiro atoms. The lowest BCUT2D eigenvalue weighted by molar-refractivity contribution is 0.304. The number of aromatic amines is 1. The molecule has 0 aliphatic heterocycles. The molecule has 80 valence electrons. The highest BCUT2D eigenvalue weighted by atomic mass is 16.3. The lowest BCUT2D eigenvalue weighted by Gasteiger charge is -2.17. The van der Waals surface area contributed by atoms with E-state index in [4.69, 9.17) is 10.8 Å². The van der Waals surface area contributed by atoms with Crippen molar-refractivity contribution in [1.29, 1.82) is 0 Å². The summed E-state index contributed by atoms with van der Waals surface area (Å²) in [5.41, 5.74) is 6.16.